The van der Waals surface area contributed by atoms with Crippen LogP contribution in [0.1, 0.15) is 148 Å². The zero-order chi connectivity index (χ0) is 96.9. The number of ether oxygens (including phenoxy) is 4. The monoisotopic (exact) mass is 3880 g/mol. The van der Waals surface area contributed by atoms with E-state index in [2.05, 4.69) is 432 Å². The molecule has 8 aromatic rings. The SMILES string of the molecule is CC(C)(OC(=O)c1cc(I)cc(I)c1I)C1CC[NH2+]CC1.CC(C)(OC(=O)c1cc(I)cc(I)c1I)C1CC[NH2+]CC1.CC(C)(OC(=O)c1cc(I)cc(I)c1I)C1CC[NH2+]CC1.CC(C)(OC(=O)c1cc(I)cc(I)c1I)C1CC[NH2+]CC1.Oc1c(Br)cc(Br)cc1Br.Oc1c(F)c(F)c(F)c(F)c1F.Oc1c(I)cc(I)cc1I.Oc1c(O)c(I)c(O)c(I)c1O. The van der Waals surface area contributed by atoms with E-state index in [0.29, 0.717) is 60.6 Å². The Labute approximate surface area is 998 Å². The number of benzene rings is 8. The molecule has 0 saturated carbocycles. The Morgan fingerprint density at radius 1 is 0.281 bits per heavy atom. The summed E-state index contributed by atoms with van der Waals surface area (Å²) in [5.41, 5.74) is 1.12. The van der Waals surface area contributed by atoms with E-state index < -0.39 is 74.5 Å². The highest BCUT2D eigenvalue weighted by Gasteiger charge is 2.41. The first-order valence-corrected chi connectivity index (χ1v) is 59.1. The van der Waals surface area contributed by atoms with Crippen LogP contribution in [0.25, 0.3) is 0 Å². The molecule has 19 nitrogen and oxygen atoms in total. The Bertz CT molecular complexity index is 4500. The average molecular weight is 3880 g/mol. The second-order valence-electron chi connectivity index (χ2n) is 30.9. The summed E-state index contributed by atoms with van der Waals surface area (Å²) >= 11 is 46.4. The number of esters is 4. The number of hydrogen-bond acceptors (Lipinski definition) is 15. The van der Waals surface area contributed by atoms with Crippen LogP contribution in [-0.4, -0.2) is 134 Å². The minimum Gasteiger partial charge on any atom is -0.506 e. The van der Waals surface area contributed by atoms with Crippen molar-refractivity contribution in [2.75, 3.05) is 52.4 Å². The molecule has 0 aliphatic carbocycles. The van der Waals surface area contributed by atoms with Gasteiger partial charge in [-0.1, -0.05) is 15.9 Å². The number of rotatable bonds is 12. The van der Waals surface area contributed by atoms with Gasteiger partial charge in [-0.25, -0.2) is 32.3 Å². The summed E-state index contributed by atoms with van der Waals surface area (Å²) in [6.45, 7) is 25.4. The summed E-state index contributed by atoms with van der Waals surface area (Å²) in [5, 5.41) is 72.7. The molecule has 128 heavy (non-hydrogen) atoms. The molecule has 8 aromatic carbocycles. The molecule has 12 rings (SSSR count). The van der Waals surface area contributed by atoms with E-state index in [9.17, 15) is 56.4 Å². The number of nitrogens with two attached hydrogens (primary N) is 4. The number of hydrogen-bond donors (Lipinski definition) is 11. The predicted octanol–water partition coefficient (Wildman–Crippen LogP) is 24.3. The molecule has 4 aliphatic heterocycles. The topological polar surface area (TPSA) is 313 Å². The van der Waals surface area contributed by atoms with Crippen molar-refractivity contribution in [2.45, 2.75) is 129 Å². The summed E-state index contributed by atoms with van der Waals surface area (Å²) in [4.78, 5) is 50.3. The molecule has 0 bridgehead atoms. The number of halogens is 25. The van der Waals surface area contributed by atoms with Crippen LogP contribution < -0.4 is 21.3 Å². The molecule has 4 aliphatic rings. The van der Waals surface area contributed by atoms with Gasteiger partial charge in [-0.05, 0) is 544 Å². The second-order valence-corrected chi connectivity index (χ2v) is 53.2. The summed E-state index contributed by atoms with van der Waals surface area (Å²) in [7, 11) is 0. The van der Waals surface area contributed by atoms with Crippen LogP contribution in [0.4, 0.5) is 22.0 Å². The van der Waals surface area contributed by atoms with E-state index in [-0.39, 0.29) is 42.5 Å². The lowest BCUT2D eigenvalue weighted by Crippen LogP contribution is -2.86. The molecule has 0 atom stereocenters. The number of aromatic hydroxyl groups is 7. The molecule has 704 valence electrons. The lowest BCUT2D eigenvalue weighted by molar-refractivity contribution is -0.666. The van der Waals surface area contributed by atoms with Crippen molar-refractivity contribution >= 4 is 456 Å². The summed E-state index contributed by atoms with van der Waals surface area (Å²) < 4.78 is 102. The van der Waals surface area contributed by atoms with Crippen molar-refractivity contribution in [3.8, 4) is 40.2 Å². The molecule has 44 heteroatoms. The third-order valence-corrected chi connectivity index (χ3v) is 41.0. The maximum Gasteiger partial charge on any atom is 0.339 e. The van der Waals surface area contributed by atoms with E-state index in [1.165, 1.54) is 0 Å². The zero-order valence-corrected chi connectivity index (χ0v) is 110. The molecule has 0 radical (unpaired) electrons. The van der Waals surface area contributed by atoms with Crippen LogP contribution >= 0.6 is 432 Å². The van der Waals surface area contributed by atoms with E-state index in [4.69, 9.17) is 39.4 Å². The van der Waals surface area contributed by atoms with Crippen molar-refractivity contribution in [2.24, 2.45) is 23.7 Å². The van der Waals surface area contributed by atoms with Gasteiger partial charge in [0.25, 0.3) is 0 Å². The van der Waals surface area contributed by atoms with Gasteiger partial charge in [0.1, 0.15) is 46.8 Å². The smallest absolute Gasteiger partial charge is 0.339 e. The molecule has 4 fully saturated rings. The van der Waals surface area contributed by atoms with Crippen molar-refractivity contribution < 1.29 is 117 Å². The number of phenolic OH excluding ortho intramolecular Hbond substituents is 7. The van der Waals surface area contributed by atoms with E-state index in [1.54, 1.807) is 57.3 Å². The van der Waals surface area contributed by atoms with Gasteiger partial charge < -0.3 is 76.0 Å². The van der Waals surface area contributed by atoms with Crippen LogP contribution in [0.3, 0.4) is 0 Å². The van der Waals surface area contributed by atoms with E-state index >= 15 is 0 Å². The normalized spacial score (nSPS) is 14.5. The Morgan fingerprint density at radius 2 is 0.484 bits per heavy atom. The molecular formula is C84H87Br3F5I17N4O15+4. The second kappa shape index (κ2) is 57.3. The fraction of sp³-hybridized carbons (Fsp3) is 0.381. The minimum absolute atomic E-state index is 0.118. The first-order chi connectivity index (χ1) is 59.4. The highest BCUT2D eigenvalue weighted by molar-refractivity contribution is 14.1. The van der Waals surface area contributed by atoms with Crippen LogP contribution in [0.5, 0.6) is 40.2 Å². The third-order valence-electron chi connectivity index (χ3n) is 20.4. The van der Waals surface area contributed by atoms with Crippen molar-refractivity contribution in [3.63, 3.8) is 0 Å². The fourth-order valence-electron chi connectivity index (χ4n) is 13.1. The highest BCUT2D eigenvalue weighted by atomic mass is 127. The maximum atomic E-state index is 12.6. The molecule has 4 saturated heterocycles. The van der Waals surface area contributed by atoms with Crippen LogP contribution in [0, 0.1) is 113 Å². The van der Waals surface area contributed by atoms with Gasteiger partial charge in [0.2, 0.25) is 34.8 Å². The Morgan fingerprint density at radius 3 is 0.711 bits per heavy atom. The van der Waals surface area contributed by atoms with Crippen molar-refractivity contribution in [1.29, 1.82) is 0 Å². The molecule has 0 amide bonds. The van der Waals surface area contributed by atoms with Crippen LogP contribution in [0.2, 0.25) is 0 Å². The Balaban J connectivity index is 0.000000264. The lowest BCUT2D eigenvalue weighted by Gasteiger charge is -2.35. The van der Waals surface area contributed by atoms with Gasteiger partial charge in [0.15, 0.2) is 17.2 Å². The predicted molar refractivity (Wildman–Crippen MR) is 638 cm³/mol. The minimum atomic E-state index is -2.29. The molecule has 0 aromatic heterocycles. The molecular weight excluding hydrogens is 3800 g/mol. The van der Waals surface area contributed by atoms with Crippen molar-refractivity contribution in [3.05, 3.63) is 198 Å². The van der Waals surface area contributed by atoms with Gasteiger partial charge in [0, 0.05) is 126 Å². The summed E-state index contributed by atoms with van der Waals surface area (Å²) in [5.74, 6) is -13.2. The van der Waals surface area contributed by atoms with Gasteiger partial charge in [-0.2, -0.15) is 8.78 Å². The van der Waals surface area contributed by atoms with Crippen molar-refractivity contribution in [1.82, 2.24) is 0 Å². The first kappa shape index (κ1) is 122. The quantitative estimate of drug-likeness (QED) is 0.00792. The Hall–Kier alpha value is 3.58. The van der Waals surface area contributed by atoms with Gasteiger partial charge >= 0.3 is 23.9 Å². The zero-order valence-electron chi connectivity index (χ0n) is 68.7. The summed E-state index contributed by atoms with van der Waals surface area (Å²) in [6, 6.07) is 23.4. The number of piperidine rings is 4. The van der Waals surface area contributed by atoms with Gasteiger partial charge in [-0.3, -0.25) is 0 Å². The molecule has 0 spiro atoms. The third kappa shape index (κ3) is 37.3. The molecule has 15 N–H and O–H groups in total. The van der Waals surface area contributed by atoms with Crippen LogP contribution in [-0.2, 0) is 18.9 Å². The molecule has 0 unspecified atom stereocenters. The maximum absolute atomic E-state index is 12.6. The molecule has 4 heterocycles. The lowest BCUT2D eigenvalue weighted by atomic mass is 9.83. The fourth-order valence-corrected chi connectivity index (χ4v) is 30.0. The Kier molecular flexibility index (Phi) is 54.7. The van der Waals surface area contributed by atoms with Gasteiger partial charge in [-0.15, -0.1) is 0 Å². The first-order valence-electron chi connectivity index (χ1n) is 38.4. The van der Waals surface area contributed by atoms with Crippen LogP contribution in [0.15, 0.2) is 86.2 Å². The number of phenols is 7. The van der Waals surface area contributed by atoms with Gasteiger partial charge in [0.05, 0.1) is 90.7 Å². The van der Waals surface area contributed by atoms with E-state index in [1.807, 2.05) is 91.8 Å². The highest BCUT2D eigenvalue weighted by Crippen LogP contribution is 2.48. The number of carbonyl (C=O) groups excluding carboxylic acids is 4. The summed E-state index contributed by atoms with van der Waals surface area (Å²) in [6.07, 6.45) is 8.90. The number of quaternary nitrogens is 4. The average Bonchev–Trinajstić information content (AvgIpc) is 0.796. The number of carbonyl (C=O) groups is 4. The van der Waals surface area contributed by atoms with E-state index in [0.717, 1.165) is 162 Å². The standard InChI is InChI=1S/4C15H18I3NO2.C6H3Br3O.C6HF5O.C6H3I3O.C6H4I2O4/c4*1-15(2,9-3-5-19-6-4-9)21-14(20)11-7-10(16)8-12(17)13(11)18;7-3-1-4(8)6(10)5(9)2-3;7-1-2(8)4(10)6(12)5(11)3(1)9;7-3-1-4(8)6(10)5(9)2-3;7-1-3(9)2(8)5(11)6(12)4(1)10/h4*7-9,19H,3-6H2,1-2H3;1-2,10H;12H;1-2,10H;9-12H/p+4. The largest absolute Gasteiger partial charge is 0.506 e.